The summed E-state index contributed by atoms with van der Waals surface area (Å²) in [5.74, 6) is 1.73. The summed E-state index contributed by atoms with van der Waals surface area (Å²) in [6.07, 6.45) is 5.24. The predicted octanol–water partition coefficient (Wildman–Crippen LogP) is 2.13. The van der Waals surface area contributed by atoms with Gasteiger partial charge in [-0.2, -0.15) is 0 Å². The molecule has 0 amide bonds. The highest BCUT2D eigenvalue weighted by Gasteiger charge is 2.20. The average molecular weight is 495 g/mol. The quantitative estimate of drug-likeness (QED) is 0.209. The molecule has 0 saturated carbocycles. The summed E-state index contributed by atoms with van der Waals surface area (Å²) in [6.45, 7) is 15.2. The van der Waals surface area contributed by atoms with Crippen LogP contribution in [0.15, 0.2) is 4.99 Å². The first-order valence-corrected chi connectivity index (χ1v) is 10.7. The van der Waals surface area contributed by atoms with E-state index in [0.717, 1.165) is 63.9 Å². The fraction of sp³-hybridized carbons (Fsp3) is 0.950. The van der Waals surface area contributed by atoms with Gasteiger partial charge in [-0.05, 0) is 51.5 Å². The van der Waals surface area contributed by atoms with Gasteiger partial charge in [-0.1, -0.05) is 13.8 Å². The molecule has 2 fully saturated rings. The Hall–Kier alpha value is -0.120. The minimum Gasteiger partial charge on any atom is -0.393 e. The van der Waals surface area contributed by atoms with Crippen molar-refractivity contribution in [3.05, 3.63) is 0 Å². The summed E-state index contributed by atoms with van der Waals surface area (Å²) in [4.78, 5) is 9.82. The molecule has 0 unspecified atom stereocenters. The number of halogens is 1. The molecule has 0 aromatic heterocycles. The summed E-state index contributed by atoms with van der Waals surface area (Å²) in [6, 6.07) is 0.541. The summed E-state index contributed by atoms with van der Waals surface area (Å²) in [7, 11) is 0. The van der Waals surface area contributed by atoms with E-state index in [1.54, 1.807) is 0 Å². The smallest absolute Gasteiger partial charge is 0.191 e. The van der Waals surface area contributed by atoms with Crippen molar-refractivity contribution in [2.24, 2.45) is 10.9 Å². The van der Waals surface area contributed by atoms with Crippen molar-refractivity contribution in [3.63, 3.8) is 0 Å². The SMILES string of the molecule is CCNC(=NCCCN1CCC(O)CC1)NC1CCN(CC(C)C)CC1.I. The average Bonchev–Trinajstić information content (AvgIpc) is 2.61. The van der Waals surface area contributed by atoms with Gasteiger partial charge < -0.3 is 25.5 Å². The maximum Gasteiger partial charge on any atom is 0.191 e. The largest absolute Gasteiger partial charge is 0.393 e. The Balaban J connectivity index is 0.00000364. The number of piperidine rings is 2. The van der Waals surface area contributed by atoms with Crippen molar-refractivity contribution in [2.75, 3.05) is 52.4 Å². The summed E-state index contributed by atoms with van der Waals surface area (Å²) >= 11 is 0. The van der Waals surface area contributed by atoms with E-state index < -0.39 is 0 Å². The predicted molar refractivity (Wildman–Crippen MR) is 125 cm³/mol. The van der Waals surface area contributed by atoms with Crippen molar-refractivity contribution in [1.82, 2.24) is 20.4 Å². The molecule has 2 aliphatic rings. The van der Waals surface area contributed by atoms with Crippen LogP contribution in [0.25, 0.3) is 0 Å². The van der Waals surface area contributed by atoms with Crippen LogP contribution in [0.4, 0.5) is 0 Å². The molecular weight excluding hydrogens is 453 g/mol. The minimum atomic E-state index is -0.0826. The maximum absolute atomic E-state index is 9.58. The molecule has 7 heteroatoms. The van der Waals surface area contributed by atoms with Gasteiger partial charge in [-0.25, -0.2) is 0 Å². The zero-order valence-corrected chi connectivity index (χ0v) is 20.0. The standard InChI is InChI=1S/C20H41N5O.HI/c1-4-21-20(22-10-5-11-24-14-8-19(26)9-15-24)23-18-6-12-25(13-7-18)16-17(2)3;/h17-19,26H,4-16H2,1-3H3,(H2,21,22,23);1H. The number of rotatable bonds is 8. The van der Waals surface area contributed by atoms with Crippen LogP contribution < -0.4 is 10.6 Å². The van der Waals surface area contributed by atoms with Crippen LogP contribution in [0.3, 0.4) is 0 Å². The van der Waals surface area contributed by atoms with Gasteiger partial charge in [-0.3, -0.25) is 4.99 Å². The Morgan fingerprint density at radius 2 is 1.70 bits per heavy atom. The third kappa shape index (κ3) is 10.3. The van der Waals surface area contributed by atoms with E-state index in [4.69, 9.17) is 4.99 Å². The topological polar surface area (TPSA) is 63.1 Å². The van der Waals surface area contributed by atoms with Crippen LogP contribution in [0, 0.1) is 5.92 Å². The number of nitrogens with zero attached hydrogens (tertiary/aromatic N) is 3. The monoisotopic (exact) mass is 495 g/mol. The molecule has 0 aliphatic carbocycles. The Bertz CT molecular complexity index is 405. The Morgan fingerprint density at radius 3 is 2.30 bits per heavy atom. The molecule has 0 radical (unpaired) electrons. The highest BCUT2D eigenvalue weighted by atomic mass is 127. The molecule has 0 aromatic rings. The molecule has 2 heterocycles. The van der Waals surface area contributed by atoms with E-state index in [1.807, 2.05) is 0 Å². The highest BCUT2D eigenvalue weighted by Crippen LogP contribution is 2.12. The van der Waals surface area contributed by atoms with E-state index in [1.165, 1.54) is 32.5 Å². The summed E-state index contributed by atoms with van der Waals surface area (Å²) in [5.41, 5.74) is 0. The second-order valence-electron chi connectivity index (χ2n) is 8.30. The lowest BCUT2D eigenvalue weighted by atomic mass is 10.0. The van der Waals surface area contributed by atoms with Crippen LogP contribution >= 0.6 is 24.0 Å². The third-order valence-corrected chi connectivity index (χ3v) is 5.36. The van der Waals surface area contributed by atoms with Gasteiger partial charge in [-0.15, -0.1) is 24.0 Å². The first-order chi connectivity index (χ1) is 12.6. The molecule has 0 spiro atoms. The second kappa shape index (κ2) is 14.0. The molecule has 27 heavy (non-hydrogen) atoms. The molecule has 0 bridgehead atoms. The zero-order valence-electron chi connectivity index (χ0n) is 17.6. The van der Waals surface area contributed by atoms with E-state index in [-0.39, 0.29) is 30.1 Å². The minimum absolute atomic E-state index is 0. The number of hydrogen-bond donors (Lipinski definition) is 3. The molecule has 0 atom stereocenters. The fourth-order valence-electron chi connectivity index (χ4n) is 3.92. The number of hydrogen-bond acceptors (Lipinski definition) is 4. The third-order valence-electron chi connectivity index (χ3n) is 5.36. The Morgan fingerprint density at radius 1 is 1.07 bits per heavy atom. The first-order valence-electron chi connectivity index (χ1n) is 10.7. The van der Waals surface area contributed by atoms with E-state index in [2.05, 4.69) is 41.2 Å². The zero-order chi connectivity index (χ0) is 18.8. The van der Waals surface area contributed by atoms with Crippen LogP contribution in [-0.4, -0.2) is 85.4 Å². The molecule has 2 aliphatic heterocycles. The number of nitrogens with one attached hydrogen (secondary N) is 2. The molecule has 3 N–H and O–H groups in total. The van der Waals surface area contributed by atoms with Crippen molar-refractivity contribution in [3.8, 4) is 0 Å². The van der Waals surface area contributed by atoms with Crippen LogP contribution in [0.5, 0.6) is 0 Å². The molecule has 6 nitrogen and oxygen atoms in total. The lowest BCUT2D eigenvalue weighted by molar-refractivity contribution is 0.0824. The van der Waals surface area contributed by atoms with E-state index >= 15 is 0 Å². The van der Waals surface area contributed by atoms with E-state index in [9.17, 15) is 5.11 Å². The number of guanidine groups is 1. The van der Waals surface area contributed by atoms with Crippen molar-refractivity contribution >= 4 is 29.9 Å². The van der Waals surface area contributed by atoms with Gasteiger partial charge in [0.1, 0.15) is 0 Å². The normalized spacial score (nSPS) is 21.3. The molecule has 160 valence electrons. The van der Waals surface area contributed by atoms with Gasteiger partial charge in [0.2, 0.25) is 0 Å². The number of aliphatic imine (C=N–C) groups is 1. The first kappa shape index (κ1) is 24.9. The van der Waals surface area contributed by atoms with Gasteiger partial charge in [0.05, 0.1) is 6.10 Å². The Kier molecular flexibility index (Phi) is 12.9. The van der Waals surface area contributed by atoms with Gasteiger partial charge >= 0.3 is 0 Å². The van der Waals surface area contributed by atoms with Crippen LogP contribution in [0.1, 0.15) is 52.9 Å². The number of aliphatic hydroxyl groups excluding tert-OH is 1. The lowest BCUT2D eigenvalue weighted by Gasteiger charge is -2.34. The van der Waals surface area contributed by atoms with Crippen molar-refractivity contribution < 1.29 is 5.11 Å². The van der Waals surface area contributed by atoms with Crippen LogP contribution in [-0.2, 0) is 0 Å². The molecule has 2 rings (SSSR count). The fourth-order valence-corrected chi connectivity index (χ4v) is 3.92. The number of aliphatic hydroxyl groups is 1. The van der Waals surface area contributed by atoms with Crippen LogP contribution in [0.2, 0.25) is 0 Å². The summed E-state index contributed by atoms with van der Waals surface area (Å²) < 4.78 is 0. The van der Waals surface area contributed by atoms with Gasteiger partial charge in [0, 0.05) is 51.9 Å². The number of likely N-dealkylation sites (tertiary alicyclic amines) is 2. The lowest BCUT2D eigenvalue weighted by Crippen LogP contribution is -2.49. The summed E-state index contributed by atoms with van der Waals surface area (Å²) in [5, 5.41) is 16.6. The highest BCUT2D eigenvalue weighted by molar-refractivity contribution is 14.0. The Labute approximate surface area is 183 Å². The molecular formula is C20H42IN5O. The molecule has 0 aromatic carbocycles. The van der Waals surface area contributed by atoms with Gasteiger partial charge in [0.15, 0.2) is 5.96 Å². The van der Waals surface area contributed by atoms with E-state index in [0.29, 0.717) is 6.04 Å². The van der Waals surface area contributed by atoms with Gasteiger partial charge in [0.25, 0.3) is 0 Å². The molecule has 2 saturated heterocycles. The van der Waals surface area contributed by atoms with Crippen molar-refractivity contribution in [2.45, 2.75) is 65.0 Å². The second-order valence-corrected chi connectivity index (χ2v) is 8.30. The van der Waals surface area contributed by atoms with Crippen molar-refractivity contribution in [1.29, 1.82) is 0 Å². The maximum atomic E-state index is 9.58.